The monoisotopic (exact) mass is 350 g/mol. The van der Waals surface area contributed by atoms with Crippen molar-refractivity contribution in [3.8, 4) is 0 Å². The third-order valence-corrected chi connectivity index (χ3v) is 4.33. The van der Waals surface area contributed by atoms with Crippen molar-refractivity contribution in [3.63, 3.8) is 0 Å². The molecule has 0 saturated heterocycles. The summed E-state index contributed by atoms with van der Waals surface area (Å²) in [4.78, 5) is 36.8. The number of aryl methyl sites for hydroxylation is 2. The summed E-state index contributed by atoms with van der Waals surface area (Å²) in [7, 11) is 0. The average Bonchev–Trinajstić information content (AvgIpc) is 2.63. The molecule has 132 valence electrons. The Labute approximate surface area is 149 Å². The smallest absolute Gasteiger partial charge is 0.360 e. The van der Waals surface area contributed by atoms with Gasteiger partial charge < -0.3 is 4.74 Å². The summed E-state index contributed by atoms with van der Waals surface area (Å²) in [6.45, 7) is 5.39. The van der Waals surface area contributed by atoms with E-state index in [0.717, 1.165) is 11.1 Å². The van der Waals surface area contributed by atoms with Crippen LogP contribution in [0.15, 0.2) is 47.3 Å². The van der Waals surface area contributed by atoms with E-state index in [2.05, 4.69) is 10.2 Å². The summed E-state index contributed by atoms with van der Waals surface area (Å²) in [5.41, 5.74) is 2.13. The number of H-pyrrole nitrogens is 1. The Hall–Kier alpha value is -3.28. The molecule has 0 aliphatic rings. The number of hydrogen-bond donors (Lipinski definition) is 1. The van der Waals surface area contributed by atoms with Crippen LogP contribution in [0.1, 0.15) is 38.9 Å². The van der Waals surface area contributed by atoms with Crippen molar-refractivity contribution in [2.45, 2.75) is 26.9 Å². The van der Waals surface area contributed by atoms with Gasteiger partial charge in [0.15, 0.2) is 11.8 Å². The molecule has 1 aromatic heterocycles. The molecule has 2 aromatic carbocycles. The zero-order valence-electron chi connectivity index (χ0n) is 14.7. The van der Waals surface area contributed by atoms with Gasteiger partial charge in [-0.15, -0.1) is 0 Å². The quantitative estimate of drug-likeness (QED) is 0.577. The highest BCUT2D eigenvalue weighted by Crippen LogP contribution is 2.16. The molecule has 0 spiro atoms. The van der Waals surface area contributed by atoms with Crippen molar-refractivity contribution in [3.05, 3.63) is 75.2 Å². The molecule has 0 unspecified atom stereocenters. The number of hydrogen-bond acceptors (Lipinski definition) is 5. The highest BCUT2D eigenvalue weighted by molar-refractivity contribution is 6.05. The second kappa shape index (κ2) is 6.92. The van der Waals surface area contributed by atoms with Gasteiger partial charge in [-0.2, -0.15) is 5.10 Å². The fourth-order valence-corrected chi connectivity index (χ4v) is 2.67. The van der Waals surface area contributed by atoms with Crippen LogP contribution in [-0.2, 0) is 4.74 Å². The van der Waals surface area contributed by atoms with E-state index in [-0.39, 0.29) is 11.5 Å². The molecule has 3 rings (SSSR count). The summed E-state index contributed by atoms with van der Waals surface area (Å²) >= 11 is 0. The third kappa shape index (κ3) is 3.26. The summed E-state index contributed by atoms with van der Waals surface area (Å²) in [5.74, 6) is -1.06. The van der Waals surface area contributed by atoms with Crippen molar-refractivity contribution in [2.24, 2.45) is 0 Å². The number of ketones is 1. The first-order valence-electron chi connectivity index (χ1n) is 8.18. The molecule has 0 amide bonds. The minimum atomic E-state index is -0.975. The number of carbonyl (C=O) groups is 2. The van der Waals surface area contributed by atoms with Crippen LogP contribution in [0.5, 0.6) is 0 Å². The van der Waals surface area contributed by atoms with Gasteiger partial charge in [0.25, 0.3) is 5.56 Å². The van der Waals surface area contributed by atoms with E-state index < -0.39 is 17.6 Å². The average molecular weight is 350 g/mol. The Morgan fingerprint density at radius 3 is 2.42 bits per heavy atom. The van der Waals surface area contributed by atoms with Gasteiger partial charge in [0, 0.05) is 10.9 Å². The first-order valence-corrected chi connectivity index (χ1v) is 8.18. The number of fused-ring (bicyclic) bond motifs is 1. The molecule has 0 aliphatic heterocycles. The first kappa shape index (κ1) is 17.5. The van der Waals surface area contributed by atoms with Crippen molar-refractivity contribution in [2.75, 3.05) is 0 Å². The Kier molecular flexibility index (Phi) is 4.67. The standard InChI is InChI=1S/C20H18N2O4/c1-11-8-9-14(10-12(11)2)18(23)13(3)26-20(25)17-15-6-4-5-7-16(15)19(24)22-21-17/h4-10,13H,1-3H3,(H,22,24)/t13-/m0/s1. The molecule has 1 N–H and O–H groups in total. The molecule has 0 bridgehead atoms. The molecule has 3 aromatic rings. The molecule has 0 aliphatic carbocycles. The van der Waals surface area contributed by atoms with Crippen LogP contribution in [-0.4, -0.2) is 28.1 Å². The molecule has 6 nitrogen and oxygen atoms in total. The lowest BCUT2D eigenvalue weighted by atomic mass is 10.0. The van der Waals surface area contributed by atoms with Crippen molar-refractivity contribution >= 4 is 22.5 Å². The summed E-state index contributed by atoms with van der Waals surface area (Å²) in [5, 5.41) is 6.79. The lowest BCUT2D eigenvalue weighted by Crippen LogP contribution is -2.26. The number of ether oxygens (including phenoxy) is 1. The van der Waals surface area contributed by atoms with E-state index in [9.17, 15) is 14.4 Å². The van der Waals surface area contributed by atoms with Gasteiger partial charge in [0.1, 0.15) is 0 Å². The van der Waals surface area contributed by atoms with Gasteiger partial charge in [0.05, 0.1) is 5.39 Å². The molecular weight excluding hydrogens is 332 g/mol. The van der Waals surface area contributed by atoms with Crippen LogP contribution in [0.25, 0.3) is 10.8 Å². The number of esters is 1. The fraction of sp³-hybridized carbons (Fsp3) is 0.200. The summed E-state index contributed by atoms with van der Waals surface area (Å²) in [6.07, 6.45) is -0.975. The predicted octanol–water partition coefficient (Wildman–Crippen LogP) is 2.97. The zero-order chi connectivity index (χ0) is 18.8. The summed E-state index contributed by atoms with van der Waals surface area (Å²) in [6, 6.07) is 11.9. The summed E-state index contributed by atoms with van der Waals surface area (Å²) < 4.78 is 5.30. The van der Waals surface area contributed by atoms with E-state index in [1.54, 1.807) is 36.4 Å². The number of rotatable bonds is 4. The van der Waals surface area contributed by atoms with Crippen LogP contribution >= 0.6 is 0 Å². The number of nitrogens with zero attached hydrogens (tertiary/aromatic N) is 1. The van der Waals surface area contributed by atoms with E-state index in [1.807, 2.05) is 19.9 Å². The van der Waals surface area contributed by atoms with Gasteiger partial charge in [-0.3, -0.25) is 9.59 Å². The Balaban J connectivity index is 1.86. The van der Waals surface area contributed by atoms with E-state index in [0.29, 0.717) is 16.3 Å². The minimum absolute atomic E-state index is 0.0278. The minimum Gasteiger partial charge on any atom is -0.449 e. The molecule has 26 heavy (non-hydrogen) atoms. The Morgan fingerprint density at radius 2 is 1.73 bits per heavy atom. The maximum absolute atomic E-state index is 12.5. The van der Waals surface area contributed by atoms with E-state index in [1.165, 1.54) is 6.92 Å². The predicted molar refractivity (Wildman–Crippen MR) is 97.5 cm³/mol. The highest BCUT2D eigenvalue weighted by Gasteiger charge is 2.23. The van der Waals surface area contributed by atoms with Crippen molar-refractivity contribution in [1.82, 2.24) is 10.2 Å². The van der Waals surface area contributed by atoms with E-state index in [4.69, 9.17) is 4.74 Å². The topological polar surface area (TPSA) is 89.1 Å². The lowest BCUT2D eigenvalue weighted by molar-refractivity contribution is 0.0314. The van der Waals surface area contributed by atoms with Gasteiger partial charge in [-0.05, 0) is 44.0 Å². The molecule has 1 atom stereocenters. The number of benzene rings is 2. The van der Waals surface area contributed by atoms with Crippen LogP contribution < -0.4 is 5.56 Å². The molecular formula is C20H18N2O4. The SMILES string of the molecule is Cc1ccc(C(=O)[C@H](C)OC(=O)c2n[nH]c(=O)c3ccccc23)cc1C. The van der Waals surface area contributed by atoms with E-state index >= 15 is 0 Å². The largest absolute Gasteiger partial charge is 0.449 e. The maximum Gasteiger partial charge on any atom is 0.360 e. The normalized spacial score (nSPS) is 12.0. The van der Waals surface area contributed by atoms with Crippen LogP contribution in [0.3, 0.4) is 0 Å². The number of Topliss-reactive ketones (excluding diaryl/α,β-unsaturated/α-hetero) is 1. The van der Waals surface area contributed by atoms with Gasteiger partial charge in [0.2, 0.25) is 5.78 Å². The van der Waals surface area contributed by atoms with Crippen LogP contribution in [0.2, 0.25) is 0 Å². The Bertz CT molecular complexity index is 1070. The lowest BCUT2D eigenvalue weighted by Gasteiger charge is -2.13. The molecule has 1 heterocycles. The van der Waals surface area contributed by atoms with Crippen molar-refractivity contribution in [1.29, 1.82) is 0 Å². The van der Waals surface area contributed by atoms with Gasteiger partial charge in [-0.25, -0.2) is 9.89 Å². The molecule has 0 radical (unpaired) electrons. The first-order chi connectivity index (χ1) is 12.4. The molecule has 0 fully saturated rings. The van der Waals surface area contributed by atoms with Gasteiger partial charge >= 0.3 is 5.97 Å². The number of carbonyl (C=O) groups excluding carboxylic acids is 2. The molecule has 6 heteroatoms. The third-order valence-electron chi connectivity index (χ3n) is 4.33. The zero-order valence-corrected chi connectivity index (χ0v) is 14.7. The van der Waals surface area contributed by atoms with Gasteiger partial charge in [-0.1, -0.05) is 30.3 Å². The second-order valence-electron chi connectivity index (χ2n) is 6.16. The van der Waals surface area contributed by atoms with Crippen LogP contribution in [0, 0.1) is 13.8 Å². The van der Waals surface area contributed by atoms with Crippen LogP contribution in [0.4, 0.5) is 0 Å². The fourth-order valence-electron chi connectivity index (χ4n) is 2.67. The number of nitrogens with one attached hydrogen (secondary N) is 1. The number of aromatic amines is 1. The highest BCUT2D eigenvalue weighted by atomic mass is 16.5. The number of aromatic nitrogens is 2. The second-order valence-corrected chi connectivity index (χ2v) is 6.16. The maximum atomic E-state index is 12.5. The Morgan fingerprint density at radius 1 is 1.04 bits per heavy atom. The van der Waals surface area contributed by atoms with Crippen molar-refractivity contribution < 1.29 is 14.3 Å². The molecule has 0 saturated carbocycles.